The molecule has 0 aliphatic carbocycles. The molecule has 1 saturated heterocycles. The third-order valence-corrected chi connectivity index (χ3v) is 4.55. The molecule has 0 saturated carbocycles. The van der Waals surface area contributed by atoms with Crippen molar-refractivity contribution in [2.24, 2.45) is 0 Å². The first-order valence-corrected chi connectivity index (χ1v) is 8.31. The van der Waals surface area contributed by atoms with Crippen molar-refractivity contribution in [3.8, 4) is 0 Å². The van der Waals surface area contributed by atoms with Gasteiger partial charge in [-0.25, -0.2) is 0 Å². The van der Waals surface area contributed by atoms with Crippen molar-refractivity contribution in [2.45, 2.75) is 39.3 Å². The predicted molar refractivity (Wildman–Crippen MR) is 84.8 cm³/mol. The van der Waals surface area contributed by atoms with Crippen molar-refractivity contribution < 1.29 is 4.79 Å². The normalized spacial score (nSPS) is 18.7. The number of amides is 1. The molecule has 1 atom stereocenters. The number of aryl methyl sites for hydroxylation is 2. The highest BCUT2D eigenvalue weighted by molar-refractivity contribution is 7.13. The molecule has 0 aromatic carbocycles. The second-order valence-corrected chi connectivity index (χ2v) is 6.50. The molecule has 2 aromatic heterocycles. The van der Waals surface area contributed by atoms with E-state index in [2.05, 4.69) is 38.5 Å². The second-order valence-electron chi connectivity index (χ2n) is 5.67. The van der Waals surface area contributed by atoms with Crippen molar-refractivity contribution in [2.75, 3.05) is 18.4 Å². The number of carbonyl (C=O) groups excluding carboxylic acids is 1. The lowest BCUT2D eigenvalue weighted by atomic mass is 10.2. The molecular formula is C14H20N6OS. The molecule has 0 spiro atoms. The molecule has 3 rings (SSSR count). The minimum atomic E-state index is -0.0305. The Hall–Kier alpha value is -1.80. The lowest BCUT2D eigenvalue weighted by Gasteiger charge is -2.24. The predicted octanol–water partition coefficient (Wildman–Crippen LogP) is 1.45. The van der Waals surface area contributed by atoms with Crippen LogP contribution >= 0.6 is 11.3 Å². The summed E-state index contributed by atoms with van der Waals surface area (Å²) >= 11 is 1.33. The number of carbonyl (C=O) groups is 1. The average molecular weight is 320 g/mol. The first-order valence-electron chi connectivity index (χ1n) is 7.43. The summed E-state index contributed by atoms with van der Waals surface area (Å²) < 4.78 is 2.04. The molecule has 1 fully saturated rings. The van der Waals surface area contributed by atoms with Gasteiger partial charge in [0.2, 0.25) is 11.0 Å². The number of aromatic nitrogens is 4. The van der Waals surface area contributed by atoms with E-state index in [0.29, 0.717) is 17.7 Å². The third-order valence-electron chi connectivity index (χ3n) is 3.94. The average Bonchev–Trinajstić information content (AvgIpc) is 3.16. The van der Waals surface area contributed by atoms with Gasteiger partial charge in [-0.1, -0.05) is 11.3 Å². The summed E-state index contributed by atoms with van der Waals surface area (Å²) in [6.07, 6.45) is 2.22. The van der Waals surface area contributed by atoms with E-state index in [-0.39, 0.29) is 5.91 Å². The van der Waals surface area contributed by atoms with Crippen LogP contribution < -0.4 is 5.32 Å². The molecule has 118 valence electrons. The van der Waals surface area contributed by atoms with Gasteiger partial charge in [-0.05, 0) is 39.3 Å². The van der Waals surface area contributed by atoms with Gasteiger partial charge in [0.05, 0.1) is 18.8 Å². The Bertz CT molecular complexity index is 638. The first-order chi connectivity index (χ1) is 10.6. The number of hydrogen-bond donors (Lipinski definition) is 1. The van der Waals surface area contributed by atoms with Crippen LogP contribution in [0.5, 0.6) is 0 Å². The molecule has 1 N–H and O–H groups in total. The topological polar surface area (TPSA) is 75.9 Å². The van der Waals surface area contributed by atoms with Crippen LogP contribution in [0.15, 0.2) is 11.6 Å². The van der Waals surface area contributed by atoms with Crippen LogP contribution in [0, 0.1) is 13.8 Å². The summed E-state index contributed by atoms with van der Waals surface area (Å²) in [7, 11) is 0. The van der Waals surface area contributed by atoms with E-state index in [4.69, 9.17) is 0 Å². The van der Waals surface area contributed by atoms with Gasteiger partial charge in [-0.3, -0.25) is 19.7 Å². The molecule has 1 aliphatic rings. The van der Waals surface area contributed by atoms with Crippen molar-refractivity contribution in [1.29, 1.82) is 0 Å². The van der Waals surface area contributed by atoms with E-state index in [0.717, 1.165) is 31.6 Å². The summed E-state index contributed by atoms with van der Waals surface area (Å²) in [5, 5.41) is 15.4. The zero-order valence-corrected chi connectivity index (χ0v) is 13.6. The van der Waals surface area contributed by atoms with Gasteiger partial charge in [-0.2, -0.15) is 5.10 Å². The van der Waals surface area contributed by atoms with Crippen LogP contribution in [-0.2, 0) is 11.3 Å². The Labute approximate surface area is 133 Å². The Morgan fingerprint density at radius 1 is 1.50 bits per heavy atom. The largest absolute Gasteiger partial charge is 0.299 e. The standard InChI is InChI=1S/C14H20N6OS/c1-10-6-11(2)20(18-10)7-12-4-3-5-19(12)8-13(21)16-14-17-15-9-22-14/h6,9,12H,3-5,7-8H2,1-2H3,(H,16,17,21)/t12-/m0/s1. The van der Waals surface area contributed by atoms with Crippen LogP contribution in [0.25, 0.3) is 0 Å². The first kappa shape index (κ1) is 15.1. The number of nitrogens with zero attached hydrogens (tertiary/aromatic N) is 5. The molecule has 0 radical (unpaired) electrons. The highest BCUT2D eigenvalue weighted by atomic mass is 32.1. The number of likely N-dealkylation sites (tertiary alicyclic amines) is 1. The minimum Gasteiger partial charge on any atom is -0.299 e. The molecule has 1 amide bonds. The van der Waals surface area contributed by atoms with Crippen LogP contribution in [0.2, 0.25) is 0 Å². The number of nitrogens with one attached hydrogen (secondary N) is 1. The van der Waals surface area contributed by atoms with Crippen molar-refractivity contribution in [3.05, 3.63) is 23.0 Å². The molecule has 22 heavy (non-hydrogen) atoms. The fourth-order valence-corrected chi connectivity index (χ4v) is 3.40. The molecule has 1 aliphatic heterocycles. The van der Waals surface area contributed by atoms with Crippen molar-refractivity contribution in [3.63, 3.8) is 0 Å². The molecule has 2 aromatic rings. The fourth-order valence-electron chi connectivity index (χ4n) is 2.94. The van der Waals surface area contributed by atoms with Gasteiger partial charge in [0.1, 0.15) is 5.51 Å². The Morgan fingerprint density at radius 3 is 3.05 bits per heavy atom. The lowest BCUT2D eigenvalue weighted by molar-refractivity contribution is -0.117. The van der Waals surface area contributed by atoms with Crippen LogP contribution in [0.4, 0.5) is 5.13 Å². The number of rotatable bonds is 5. The van der Waals surface area contributed by atoms with Crippen LogP contribution in [0.3, 0.4) is 0 Å². The summed E-state index contributed by atoms with van der Waals surface area (Å²) in [6.45, 7) is 6.26. The van der Waals surface area contributed by atoms with E-state index >= 15 is 0 Å². The zero-order valence-electron chi connectivity index (χ0n) is 12.8. The minimum absolute atomic E-state index is 0.0305. The highest BCUT2D eigenvalue weighted by Crippen LogP contribution is 2.19. The second kappa shape index (κ2) is 6.53. The SMILES string of the molecule is Cc1cc(C)n(C[C@@H]2CCCN2CC(=O)Nc2nncs2)n1. The zero-order chi connectivity index (χ0) is 15.5. The summed E-state index contributed by atoms with van der Waals surface area (Å²) in [4.78, 5) is 14.3. The molecule has 8 heteroatoms. The smallest absolute Gasteiger partial charge is 0.240 e. The molecule has 0 unspecified atom stereocenters. The third kappa shape index (κ3) is 3.50. The van der Waals surface area contributed by atoms with Crippen molar-refractivity contribution >= 4 is 22.4 Å². The van der Waals surface area contributed by atoms with E-state index in [9.17, 15) is 4.79 Å². The Balaban J connectivity index is 1.58. The molecular weight excluding hydrogens is 300 g/mol. The quantitative estimate of drug-likeness (QED) is 0.902. The summed E-state index contributed by atoms with van der Waals surface area (Å²) in [5.74, 6) is -0.0305. The molecule has 0 bridgehead atoms. The molecule has 3 heterocycles. The molecule has 7 nitrogen and oxygen atoms in total. The summed E-state index contributed by atoms with van der Waals surface area (Å²) in [6, 6.07) is 2.44. The lowest BCUT2D eigenvalue weighted by Crippen LogP contribution is -2.39. The Kier molecular flexibility index (Phi) is 4.49. The fraction of sp³-hybridized carbons (Fsp3) is 0.571. The Morgan fingerprint density at radius 2 is 2.36 bits per heavy atom. The number of hydrogen-bond acceptors (Lipinski definition) is 6. The van der Waals surface area contributed by atoms with Crippen LogP contribution in [0.1, 0.15) is 24.2 Å². The van der Waals surface area contributed by atoms with E-state index in [1.165, 1.54) is 17.0 Å². The van der Waals surface area contributed by atoms with Gasteiger partial charge in [-0.15, -0.1) is 10.2 Å². The van der Waals surface area contributed by atoms with Gasteiger partial charge < -0.3 is 0 Å². The summed E-state index contributed by atoms with van der Waals surface area (Å²) in [5.41, 5.74) is 3.82. The maximum Gasteiger partial charge on any atom is 0.240 e. The van der Waals surface area contributed by atoms with Crippen molar-refractivity contribution in [1.82, 2.24) is 24.9 Å². The van der Waals surface area contributed by atoms with E-state index < -0.39 is 0 Å². The van der Waals surface area contributed by atoms with Gasteiger partial charge in [0, 0.05) is 11.7 Å². The van der Waals surface area contributed by atoms with E-state index in [1.807, 2.05) is 11.6 Å². The van der Waals surface area contributed by atoms with Gasteiger partial charge in [0.15, 0.2) is 0 Å². The van der Waals surface area contributed by atoms with Gasteiger partial charge >= 0.3 is 0 Å². The number of anilines is 1. The maximum absolute atomic E-state index is 12.1. The van der Waals surface area contributed by atoms with E-state index in [1.54, 1.807) is 5.51 Å². The highest BCUT2D eigenvalue weighted by Gasteiger charge is 2.27. The monoisotopic (exact) mass is 320 g/mol. The van der Waals surface area contributed by atoms with Gasteiger partial charge in [0.25, 0.3) is 0 Å². The maximum atomic E-state index is 12.1. The van der Waals surface area contributed by atoms with Crippen LogP contribution in [-0.4, -0.2) is 49.9 Å².